The molecule has 0 unspecified atom stereocenters. The fraction of sp³-hybridized carbons (Fsp3) is 0.500. The molecule has 1 aromatic rings. The Morgan fingerprint density at radius 1 is 1.18 bits per heavy atom. The quantitative estimate of drug-likeness (QED) is 0.714. The predicted octanol–water partition coefficient (Wildman–Crippen LogP) is 1.88. The summed E-state index contributed by atoms with van der Waals surface area (Å²) in [6.45, 7) is 6.06. The van der Waals surface area contributed by atoms with Crippen LogP contribution in [0, 0.1) is 13.8 Å². The monoisotopic (exact) mass is 230 g/mol. The first-order chi connectivity index (χ1) is 8.13. The Balaban J connectivity index is 2.18. The second kappa shape index (κ2) is 3.57. The van der Waals surface area contributed by atoms with E-state index >= 15 is 0 Å². The van der Waals surface area contributed by atoms with E-state index in [0.29, 0.717) is 0 Å². The summed E-state index contributed by atoms with van der Waals surface area (Å²) in [4.78, 5) is 12.3. The highest BCUT2D eigenvalue weighted by Gasteiger charge is 2.47. The van der Waals surface area contributed by atoms with Crippen LogP contribution in [0.1, 0.15) is 29.5 Å². The third-order valence-electron chi connectivity index (χ3n) is 4.10. The lowest BCUT2D eigenvalue weighted by Crippen LogP contribution is -2.44. The van der Waals surface area contributed by atoms with Crippen molar-refractivity contribution in [3.05, 3.63) is 28.8 Å². The Morgan fingerprint density at radius 3 is 2.59 bits per heavy atom. The van der Waals surface area contributed by atoms with E-state index in [1.54, 1.807) is 0 Å². The first kappa shape index (κ1) is 10.8. The molecule has 90 valence electrons. The standard InChI is InChI=1S/C14H18N2O/c1-9-7-10(2)12-11(8-9)16-13(17)14(12)3-5-15-6-4-14/h7-8,15H,3-6H2,1-2H3,(H,16,17). The van der Waals surface area contributed by atoms with Crippen molar-refractivity contribution < 1.29 is 4.79 Å². The molecule has 0 atom stereocenters. The van der Waals surface area contributed by atoms with E-state index in [1.807, 2.05) is 0 Å². The van der Waals surface area contributed by atoms with Crippen molar-refractivity contribution in [1.82, 2.24) is 5.32 Å². The molecule has 0 aliphatic carbocycles. The van der Waals surface area contributed by atoms with E-state index in [-0.39, 0.29) is 11.3 Å². The van der Waals surface area contributed by atoms with Gasteiger partial charge in [-0.3, -0.25) is 4.79 Å². The van der Waals surface area contributed by atoms with Crippen LogP contribution in [0.2, 0.25) is 0 Å². The Hall–Kier alpha value is -1.35. The Bertz CT molecular complexity index is 487. The number of hydrogen-bond donors (Lipinski definition) is 2. The first-order valence-electron chi connectivity index (χ1n) is 6.27. The van der Waals surface area contributed by atoms with Gasteiger partial charge in [0, 0.05) is 5.69 Å². The molecule has 2 aliphatic heterocycles. The van der Waals surface area contributed by atoms with Gasteiger partial charge in [-0.25, -0.2) is 0 Å². The number of aryl methyl sites for hydroxylation is 2. The summed E-state index contributed by atoms with van der Waals surface area (Å²) in [5, 5.41) is 6.41. The van der Waals surface area contributed by atoms with Crippen molar-refractivity contribution in [3.63, 3.8) is 0 Å². The number of carbonyl (C=O) groups excluding carboxylic acids is 1. The summed E-state index contributed by atoms with van der Waals surface area (Å²) in [7, 11) is 0. The normalized spacial score (nSPS) is 21.4. The van der Waals surface area contributed by atoms with Crippen LogP contribution in [-0.2, 0) is 10.2 Å². The molecule has 2 heterocycles. The average molecular weight is 230 g/mol. The minimum absolute atomic E-state index is 0.197. The van der Waals surface area contributed by atoms with Crippen LogP contribution >= 0.6 is 0 Å². The maximum Gasteiger partial charge on any atom is 0.235 e. The molecule has 1 fully saturated rings. The van der Waals surface area contributed by atoms with Gasteiger partial charge in [-0.05, 0) is 62.5 Å². The van der Waals surface area contributed by atoms with Crippen molar-refractivity contribution >= 4 is 11.6 Å². The highest BCUT2D eigenvalue weighted by molar-refractivity contribution is 6.07. The van der Waals surface area contributed by atoms with Gasteiger partial charge in [-0.1, -0.05) is 6.07 Å². The van der Waals surface area contributed by atoms with E-state index in [2.05, 4.69) is 36.6 Å². The van der Waals surface area contributed by atoms with Crippen molar-refractivity contribution in [2.24, 2.45) is 0 Å². The van der Waals surface area contributed by atoms with Crippen LogP contribution < -0.4 is 10.6 Å². The van der Waals surface area contributed by atoms with Crippen LogP contribution in [-0.4, -0.2) is 19.0 Å². The molecule has 2 N–H and O–H groups in total. The highest BCUT2D eigenvalue weighted by Crippen LogP contribution is 2.45. The third-order valence-corrected chi connectivity index (χ3v) is 4.10. The number of nitrogens with one attached hydrogen (secondary N) is 2. The lowest BCUT2D eigenvalue weighted by Gasteiger charge is -2.33. The number of carbonyl (C=O) groups is 1. The number of anilines is 1. The number of benzene rings is 1. The molecule has 0 saturated carbocycles. The summed E-state index contributed by atoms with van der Waals surface area (Å²) >= 11 is 0. The van der Waals surface area contributed by atoms with E-state index in [0.717, 1.165) is 31.6 Å². The van der Waals surface area contributed by atoms with E-state index in [9.17, 15) is 4.79 Å². The molecule has 0 radical (unpaired) electrons. The Kier molecular flexibility index (Phi) is 2.26. The van der Waals surface area contributed by atoms with E-state index in [4.69, 9.17) is 0 Å². The van der Waals surface area contributed by atoms with Crippen molar-refractivity contribution in [2.75, 3.05) is 18.4 Å². The Labute approximate surface area is 102 Å². The van der Waals surface area contributed by atoms with Gasteiger partial charge in [0.05, 0.1) is 5.41 Å². The number of piperidine rings is 1. The molecule has 17 heavy (non-hydrogen) atoms. The first-order valence-corrected chi connectivity index (χ1v) is 6.27. The molecule has 0 bridgehead atoms. The van der Waals surface area contributed by atoms with Gasteiger partial charge in [0.2, 0.25) is 5.91 Å². The van der Waals surface area contributed by atoms with Crippen LogP contribution in [0.15, 0.2) is 12.1 Å². The van der Waals surface area contributed by atoms with Gasteiger partial charge >= 0.3 is 0 Å². The molecule has 3 rings (SSSR count). The largest absolute Gasteiger partial charge is 0.325 e. The number of rotatable bonds is 0. The zero-order valence-electron chi connectivity index (χ0n) is 10.4. The van der Waals surface area contributed by atoms with Crippen LogP contribution in [0.25, 0.3) is 0 Å². The summed E-state index contributed by atoms with van der Waals surface area (Å²) in [6.07, 6.45) is 1.82. The maximum absolute atomic E-state index is 12.3. The van der Waals surface area contributed by atoms with Crippen LogP contribution in [0.3, 0.4) is 0 Å². The summed E-state index contributed by atoms with van der Waals surface area (Å²) in [6, 6.07) is 4.28. The lowest BCUT2D eigenvalue weighted by atomic mass is 9.72. The molecular weight excluding hydrogens is 212 g/mol. The van der Waals surface area contributed by atoms with E-state index in [1.165, 1.54) is 16.7 Å². The second-order valence-corrected chi connectivity index (χ2v) is 5.29. The summed E-state index contributed by atoms with van der Waals surface area (Å²) in [5.74, 6) is 0.197. The van der Waals surface area contributed by atoms with Crippen LogP contribution in [0.4, 0.5) is 5.69 Å². The molecule has 1 amide bonds. The number of hydrogen-bond acceptors (Lipinski definition) is 2. The van der Waals surface area contributed by atoms with Crippen molar-refractivity contribution in [2.45, 2.75) is 32.1 Å². The smallest absolute Gasteiger partial charge is 0.235 e. The molecule has 1 aromatic carbocycles. The molecule has 0 aromatic heterocycles. The van der Waals surface area contributed by atoms with Gasteiger partial charge in [0.25, 0.3) is 0 Å². The van der Waals surface area contributed by atoms with E-state index < -0.39 is 0 Å². The Morgan fingerprint density at radius 2 is 1.88 bits per heavy atom. The molecule has 1 spiro atoms. The van der Waals surface area contributed by atoms with Gasteiger partial charge < -0.3 is 10.6 Å². The maximum atomic E-state index is 12.3. The minimum Gasteiger partial charge on any atom is -0.325 e. The highest BCUT2D eigenvalue weighted by atomic mass is 16.2. The average Bonchev–Trinajstić information content (AvgIpc) is 2.53. The third kappa shape index (κ3) is 1.42. The predicted molar refractivity (Wildman–Crippen MR) is 68.3 cm³/mol. The molecule has 3 nitrogen and oxygen atoms in total. The molecular formula is C14H18N2O. The molecule has 1 saturated heterocycles. The minimum atomic E-state index is -0.266. The summed E-state index contributed by atoms with van der Waals surface area (Å²) < 4.78 is 0. The fourth-order valence-electron chi connectivity index (χ4n) is 3.39. The summed E-state index contributed by atoms with van der Waals surface area (Å²) in [5.41, 5.74) is 4.48. The van der Waals surface area contributed by atoms with Gasteiger partial charge in [-0.15, -0.1) is 0 Å². The molecule has 2 aliphatic rings. The SMILES string of the molecule is Cc1cc(C)c2c(c1)NC(=O)C21CCNCC1. The number of fused-ring (bicyclic) bond motifs is 2. The van der Waals surface area contributed by atoms with Gasteiger partial charge in [0.15, 0.2) is 0 Å². The van der Waals surface area contributed by atoms with Crippen molar-refractivity contribution in [3.8, 4) is 0 Å². The fourth-order valence-corrected chi connectivity index (χ4v) is 3.39. The second-order valence-electron chi connectivity index (χ2n) is 5.29. The number of amides is 1. The zero-order chi connectivity index (χ0) is 12.0. The topological polar surface area (TPSA) is 41.1 Å². The van der Waals surface area contributed by atoms with Crippen molar-refractivity contribution in [1.29, 1.82) is 0 Å². The van der Waals surface area contributed by atoms with Gasteiger partial charge in [0.1, 0.15) is 0 Å². The lowest BCUT2D eigenvalue weighted by molar-refractivity contribution is -0.121. The van der Waals surface area contributed by atoms with Crippen LogP contribution in [0.5, 0.6) is 0 Å². The zero-order valence-corrected chi connectivity index (χ0v) is 10.4. The van der Waals surface area contributed by atoms with Gasteiger partial charge in [-0.2, -0.15) is 0 Å². The molecule has 3 heteroatoms.